The molecule has 6 fully saturated rings. The van der Waals surface area contributed by atoms with Gasteiger partial charge in [-0.1, -0.05) is 43.6 Å². The van der Waals surface area contributed by atoms with Gasteiger partial charge in [-0.15, -0.1) is 0 Å². The summed E-state index contributed by atoms with van der Waals surface area (Å²) in [5, 5.41) is 31.8. The number of ketones is 3. The van der Waals surface area contributed by atoms with E-state index < -0.39 is 17.2 Å². The lowest BCUT2D eigenvalue weighted by molar-refractivity contribution is 0.0292. The molecule has 6 aliphatic rings. The molecule has 0 bridgehead atoms. The van der Waals surface area contributed by atoms with Crippen LogP contribution < -0.4 is 57.6 Å². The Labute approximate surface area is 657 Å². The first-order valence-corrected chi connectivity index (χ1v) is 37.2. The van der Waals surface area contributed by atoms with Crippen molar-refractivity contribution in [3.63, 3.8) is 0 Å². The minimum atomic E-state index is -0.619. The van der Waals surface area contributed by atoms with Crippen LogP contribution in [0.15, 0.2) is 110 Å². The van der Waals surface area contributed by atoms with Crippen LogP contribution in [-0.2, 0) is 25.9 Å². The van der Waals surface area contributed by atoms with Crippen LogP contribution in [0.4, 0.5) is 64.9 Å². The molecule has 3 saturated heterocycles. The molecule has 7 amide bonds. The number of aryl methyl sites for hydroxylation is 3. The first-order valence-electron chi connectivity index (χ1n) is 36.8. The molecule has 0 atom stereocenters. The number of carbonyl (C=O) groups excluding carboxylic acids is 7. The van der Waals surface area contributed by atoms with Crippen molar-refractivity contribution in [3.8, 4) is 51.4 Å². The van der Waals surface area contributed by atoms with Gasteiger partial charge in [-0.25, -0.2) is 49.1 Å². The molecule has 10 N–H and O–H groups in total. The molecule has 15 rings (SSSR count). The maximum atomic E-state index is 13.1. The van der Waals surface area contributed by atoms with E-state index in [0.717, 1.165) is 57.2 Å². The lowest BCUT2D eigenvalue weighted by atomic mass is 9.85. The summed E-state index contributed by atoms with van der Waals surface area (Å²) >= 11 is 6.07. The van der Waals surface area contributed by atoms with Crippen molar-refractivity contribution in [3.05, 3.63) is 132 Å². The first kappa shape index (κ1) is 80.2. The summed E-state index contributed by atoms with van der Waals surface area (Å²) in [6.45, 7) is 16.5. The number of carbonyl (C=O) groups is 7. The van der Waals surface area contributed by atoms with Gasteiger partial charge in [0.1, 0.15) is 41.4 Å². The summed E-state index contributed by atoms with van der Waals surface area (Å²) in [5.41, 5.74) is 16.8. The van der Waals surface area contributed by atoms with Crippen LogP contribution >= 0.6 is 11.6 Å². The molecule has 0 radical (unpaired) electrons. The maximum absolute atomic E-state index is 13.1. The fraction of sp³-hybridized carbons (Fsp3) is 0.410. The normalized spacial score (nSPS) is 16.0. The van der Waals surface area contributed by atoms with E-state index in [1.807, 2.05) is 68.4 Å². The number of ether oxygens (including phenoxy) is 4. The van der Waals surface area contributed by atoms with Crippen LogP contribution in [0.5, 0.6) is 17.2 Å². The van der Waals surface area contributed by atoms with Crippen LogP contribution in [0.1, 0.15) is 118 Å². The molecule has 34 nitrogen and oxygen atoms in total. The summed E-state index contributed by atoms with van der Waals surface area (Å²) in [6, 6.07) is 20.7. The lowest BCUT2D eigenvalue weighted by Gasteiger charge is -2.47. The van der Waals surface area contributed by atoms with Gasteiger partial charge in [0, 0.05) is 120 Å². The number of hydrogen-bond donors (Lipinski definition) is 8. The van der Waals surface area contributed by atoms with Crippen LogP contribution in [0.2, 0.25) is 5.15 Å². The number of rotatable bonds is 21. The second-order valence-corrected chi connectivity index (χ2v) is 31.6. The summed E-state index contributed by atoms with van der Waals surface area (Å²) in [4.78, 5) is 117. The van der Waals surface area contributed by atoms with E-state index in [-0.39, 0.29) is 64.6 Å². The van der Waals surface area contributed by atoms with Gasteiger partial charge in [0.05, 0.1) is 94.4 Å². The Morgan fingerprint density at radius 2 is 0.841 bits per heavy atom. The molecule has 3 saturated carbocycles. The number of benzene rings is 3. The van der Waals surface area contributed by atoms with E-state index in [4.69, 9.17) is 42.0 Å². The fourth-order valence-corrected chi connectivity index (χ4v) is 13.2. The van der Waals surface area contributed by atoms with Crippen molar-refractivity contribution < 1.29 is 52.5 Å². The number of nitrogens with two attached hydrogens (primary N) is 2. The number of primary amides is 1. The van der Waals surface area contributed by atoms with Gasteiger partial charge in [0.2, 0.25) is 0 Å². The average molecular weight is 1570 g/mol. The predicted molar refractivity (Wildman–Crippen MR) is 424 cm³/mol. The molecule has 6 aromatic heterocycles. The van der Waals surface area contributed by atoms with Crippen molar-refractivity contribution >= 4 is 98.9 Å². The van der Waals surface area contributed by atoms with Crippen molar-refractivity contribution in [1.29, 1.82) is 0 Å². The molecule has 0 unspecified atom stereocenters. The SMILES string of the molecule is CC1(C)CN(C(N)=O)C1.COc1c(Nc2cc(Cl)ncc2C(=O)C2CC2)cccc1-c1ncn(C)n1.COc1c(Nc2cc(NC(=O)N3CC(C)(N)C3)ncc2C(=O)C2CC2)cccc1-c1ncn(C)n1.COc1c(Nc2cc(NC(=O)N3CC(C)(NC(=O)OC(C)(C)C)C3)ncc2C(=O)C2CC2)cccc1-c1ncn(C)n1. The van der Waals surface area contributed by atoms with Gasteiger partial charge in [0.15, 0.2) is 52.1 Å². The zero-order valence-corrected chi connectivity index (χ0v) is 66.1. The Hall–Kier alpha value is -12.3. The smallest absolute Gasteiger partial charge is 0.408 e. The molecular formula is C78H94ClN23O11. The molecule has 3 aliphatic carbocycles. The van der Waals surface area contributed by atoms with Gasteiger partial charge in [-0.05, 0) is 116 Å². The standard InChI is InChI=1S/C29H36N8O5.C24H28N8O3.C19H18ClN5O2.C6H12N2O/c1-28(2,3)42-27(40)34-29(4)14-37(15-29)26(39)33-22-12-21(19(13-30-22)23(38)17-10-11-17)32-20-9-7-8-18(24(20)41-6)25-31-16-36(5)35-25;1-24(25)11-32(12-24)23(34)29-19-9-18(16(10-26-19)20(33)14-7-8-14)28-17-6-4-5-15(21(17)35-3)22-27-13-31(2)30-22;1-25-10-22-19(24-25)12-4-3-5-14(18(12)27-2)23-15-8-16(20)21-9-13(15)17(26)11-6-7-11;1-6(2)3-8(4-6)5(7)9/h7-9,12-13,16-17H,10-11,14-15H2,1-6H3,(H,34,40)(H2,30,32,33,39);4-6,9-10,13-14H,7-8,11-12,25H2,1-3H3,(H2,26,28,29,34);3-5,8-11H,6-7H2,1-2H3,(H,21,23);3-4H2,1-2H3,(H2,7,9). The number of nitrogens with zero attached hydrogens (tertiary/aromatic N) is 15. The van der Waals surface area contributed by atoms with Crippen LogP contribution in [0.3, 0.4) is 0 Å². The number of aromatic nitrogens is 12. The largest absolute Gasteiger partial charge is 0.494 e. The molecule has 3 aromatic carbocycles. The van der Waals surface area contributed by atoms with Crippen molar-refractivity contribution in [2.45, 2.75) is 104 Å². The summed E-state index contributed by atoms with van der Waals surface area (Å²) in [6.07, 6.45) is 14.1. The third-order valence-corrected chi connectivity index (χ3v) is 19.1. The highest BCUT2D eigenvalue weighted by Crippen LogP contribution is 2.44. The molecular weight excluding hydrogens is 1470 g/mol. The summed E-state index contributed by atoms with van der Waals surface area (Å²) in [7, 11) is 10.1. The molecule has 594 valence electrons. The van der Waals surface area contributed by atoms with E-state index in [1.54, 1.807) is 129 Å². The highest BCUT2D eigenvalue weighted by Gasteiger charge is 2.44. The molecule has 113 heavy (non-hydrogen) atoms. The third kappa shape index (κ3) is 19.9. The molecule has 9 aromatic rings. The van der Waals surface area contributed by atoms with Crippen LogP contribution in [0.25, 0.3) is 34.2 Å². The monoisotopic (exact) mass is 1560 g/mol. The van der Waals surface area contributed by atoms with Gasteiger partial charge in [-0.3, -0.25) is 39.1 Å². The highest BCUT2D eigenvalue weighted by atomic mass is 35.5. The van der Waals surface area contributed by atoms with Gasteiger partial charge in [-0.2, -0.15) is 15.3 Å². The molecule has 9 heterocycles. The van der Waals surface area contributed by atoms with Crippen molar-refractivity contribution in [1.82, 2.24) is 79.3 Å². The van der Waals surface area contributed by atoms with Crippen molar-refractivity contribution in [2.24, 2.45) is 55.8 Å². The Morgan fingerprint density at radius 1 is 0.487 bits per heavy atom. The number of hydrogen-bond acceptors (Lipinski definition) is 24. The number of urea groups is 3. The second-order valence-electron chi connectivity index (χ2n) is 31.2. The first-order chi connectivity index (χ1) is 53.6. The van der Waals surface area contributed by atoms with Crippen LogP contribution in [-0.4, -0.2) is 193 Å². The summed E-state index contributed by atoms with van der Waals surface area (Å²) in [5.74, 6) is 3.97. The summed E-state index contributed by atoms with van der Waals surface area (Å²) < 4.78 is 27.2. The van der Waals surface area contributed by atoms with E-state index in [0.29, 0.717) is 139 Å². The lowest BCUT2D eigenvalue weighted by Crippen LogP contribution is -2.70. The molecule has 35 heteroatoms. The number of Topliss-reactive ketones (excluding diaryl/α,β-unsaturated/α-hetero) is 3. The Kier molecular flexibility index (Phi) is 23.4. The second kappa shape index (κ2) is 32.9. The number of likely N-dealkylation sites (tertiary alicyclic amines) is 3. The highest BCUT2D eigenvalue weighted by molar-refractivity contribution is 6.30. The van der Waals surface area contributed by atoms with E-state index in [2.05, 4.69) is 90.9 Å². The van der Waals surface area contributed by atoms with E-state index in [1.165, 1.54) is 18.6 Å². The zero-order chi connectivity index (χ0) is 81.0. The number of methoxy groups -OCH3 is 3. The number of para-hydroxylation sites is 3. The van der Waals surface area contributed by atoms with Crippen LogP contribution in [0, 0.1) is 23.2 Å². The number of anilines is 8. The zero-order valence-electron chi connectivity index (χ0n) is 65.3. The van der Waals surface area contributed by atoms with E-state index in [9.17, 15) is 33.6 Å². The third-order valence-electron chi connectivity index (χ3n) is 18.9. The van der Waals surface area contributed by atoms with E-state index >= 15 is 0 Å². The average Bonchev–Trinajstić information content (AvgIpc) is 1.47. The minimum Gasteiger partial charge on any atom is -0.494 e. The topological polar surface area (TPSA) is 421 Å². The van der Waals surface area contributed by atoms with Gasteiger partial charge < -0.3 is 66.4 Å². The molecule has 0 spiro atoms. The number of nitrogens with one attached hydrogen (secondary N) is 6. The Bertz CT molecular complexity index is 5080. The number of halogens is 1. The predicted octanol–water partition coefficient (Wildman–Crippen LogP) is 11.4. The minimum absolute atomic E-state index is 0.00359. The fourth-order valence-electron chi connectivity index (χ4n) is 13.0. The van der Waals surface area contributed by atoms with Gasteiger partial charge >= 0.3 is 24.2 Å². The Balaban J connectivity index is 0.000000151. The number of amides is 7. The maximum Gasteiger partial charge on any atom is 0.408 e. The number of pyridine rings is 3. The quantitative estimate of drug-likeness (QED) is 0.0245. The van der Waals surface area contributed by atoms with Crippen molar-refractivity contribution in [2.75, 3.05) is 87.2 Å². The van der Waals surface area contributed by atoms with Gasteiger partial charge in [0.25, 0.3) is 0 Å². The molecule has 3 aliphatic heterocycles. The number of alkyl carbamates (subject to hydrolysis) is 1. The Morgan fingerprint density at radius 3 is 1.14 bits per heavy atom.